The number of carbonyl (C=O) groups excluding carboxylic acids is 1. The van der Waals surface area contributed by atoms with Crippen molar-refractivity contribution in [2.45, 2.75) is 32.1 Å². The van der Waals surface area contributed by atoms with Crippen LogP contribution in [0.5, 0.6) is 0 Å². The molecule has 2 unspecified atom stereocenters. The van der Waals surface area contributed by atoms with Crippen molar-refractivity contribution >= 4 is 5.91 Å². The minimum atomic E-state index is 0.362. The molecular formula is C13H22N2O. The van der Waals surface area contributed by atoms with Crippen molar-refractivity contribution in [1.82, 2.24) is 10.2 Å². The van der Waals surface area contributed by atoms with Gasteiger partial charge < -0.3 is 10.2 Å². The first-order valence-corrected chi connectivity index (χ1v) is 6.84. The molecule has 0 aromatic carbocycles. The number of amides is 1. The molecule has 2 heterocycles. The predicted molar refractivity (Wildman–Crippen MR) is 63.0 cm³/mol. The molecular weight excluding hydrogens is 200 g/mol. The van der Waals surface area contributed by atoms with Crippen molar-refractivity contribution in [1.29, 1.82) is 0 Å². The van der Waals surface area contributed by atoms with Gasteiger partial charge in [-0.05, 0) is 24.7 Å². The molecule has 3 aliphatic rings. The highest BCUT2D eigenvalue weighted by molar-refractivity contribution is 5.79. The van der Waals surface area contributed by atoms with Crippen LogP contribution in [0, 0.1) is 17.8 Å². The Kier molecular flexibility index (Phi) is 2.88. The highest BCUT2D eigenvalue weighted by Gasteiger charge is 2.39. The van der Waals surface area contributed by atoms with Crippen LogP contribution in [0.2, 0.25) is 0 Å². The minimum absolute atomic E-state index is 0.362. The van der Waals surface area contributed by atoms with E-state index in [-0.39, 0.29) is 0 Å². The molecule has 2 atom stereocenters. The van der Waals surface area contributed by atoms with Gasteiger partial charge in [0.2, 0.25) is 5.91 Å². The van der Waals surface area contributed by atoms with Crippen LogP contribution in [-0.4, -0.2) is 37.0 Å². The lowest BCUT2D eigenvalue weighted by molar-refractivity contribution is -0.135. The third kappa shape index (κ3) is 1.86. The van der Waals surface area contributed by atoms with Gasteiger partial charge >= 0.3 is 0 Å². The van der Waals surface area contributed by atoms with Crippen molar-refractivity contribution in [3.05, 3.63) is 0 Å². The van der Waals surface area contributed by atoms with Gasteiger partial charge in [-0.3, -0.25) is 4.79 Å². The van der Waals surface area contributed by atoms with Gasteiger partial charge in [0.15, 0.2) is 0 Å². The van der Waals surface area contributed by atoms with E-state index in [9.17, 15) is 4.79 Å². The Balaban J connectivity index is 1.59. The highest BCUT2D eigenvalue weighted by Crippen LogP contribution is 2.31. The molecule has 0 aromatic rings. The molecule has 0 aromatic heterocycles. The van der Waals surface area contributed by atoms with E-state index in [2.05, 4.69) is 10.2 Å². The Morgan fingerprint density at radius 1 is 1.00 bits per heavy atom. The summed E-state index contributed by atoms with van der Waals surface area (Å²) < 4.78 is 0. The number of hydrogen-bond donors (Lipinski definition) is 1. The van der Waals surface area contributed by atoms with Gasteiger partial charge in [0, 0.05) is 32.1 Å². The molecule has 3 nitrogen and oxygen atoms in total. The van der Waals surface area contributed by atoms with Crippen molar-refractivity contribution in [3.63, 3.8) is 0 Å². The predicted octanol–water partition coefficient (Wildman–Crippen LogP) is 1.24. The molecule has 3 heteroatoms. The molecule has 3 rings (SSSR count). The average molecular weight is 222 g/mol. The third-order valence-corrected chi connectivity index (χ3v) is 4.66. The van der Waals surface area contributed by atoms with E-state index < -0.39 is 0 Å². The van der Waals surface area contributed by atoms with E-state index in [4.69, 9.17) is 0 Å². The van der Waals surface area contributed by atoms with E-state index in [0.29, 0.717) is 11.8 Å². The van der Waals surface area contributed by atoms with E-state index >= 15 is 0 Å². The maximum Gasteiger partial charge on any atom is 0.225 e. The van der Waals surface area contributed by atoms with Crippen LogP contribution < -0.4 is 5.32 Å². The minimum Gasteiger partial charge on any atom is -0.342 e. The molecule has 0 bridgehead atoms. The molecule has 16 heavy (non-hydrogen) atoms. The fourth-order valence-corrected chi connectivity index (χ4v) is 3.64. The molecule has 0 radical (unpaired) electrons. The first-order valence-electron chi connectivity index (χ1n) is 6.84. The van der Waals surface area contributed by atoms with Gasteiger partial charge in [0.25, 0.3) is 0 Å². The van der Waals surface area contributed by atoms with E-state index in [1.165, 1.54) is 19.3 Å². The number of rotatable bonds is 1. The van der Waals surface area contributed by atoms with Gasteiger partial charge in [0.1, 0.15) is 0 Å². The van der Waals surface area contributed by atoms with Crippen molar-refractivity contribution in [2.24, 2.45) is 17.8 Å². The van der Waals surface area contributed by atoms with Crippen LogP contribution in [0.25, 0.3) is 0 Å². The average Bonchev–Trinajstić information content (AvgIpc) is 2.89. The molecule has 1 saturated carbocycles. The van der Waals surface area contributed by atoms with Crippen LogP contribution >= 0.6 is 0 Å². The fourth-order valence-electron chi connectivity index (χ4n) is 3.64. The number of nitrogens with zero attached hydrogens (tertiary/aromatic N) is 1. The summed E-state index contributed by atoms with van der Waals surface area (Å²) in [4.78, 5) is 14.5. The molecule has 2 aliphatic heterocycles. The summed E-state index contributed by atoms with van der Waals surface area (Å²) in [6, 6.07) is 0. The number of fused-ring (bicyclic) bond motifs is 1. The summed E-state index contributed by atoms with van der Waals surface area (Å²) in [7, 11) is 0. The lowest BCUT2D eigenvalue weighted by atomic mass is 9.88. The maximum atomic E-state index is 12.3. The normalized spacial score (nSPS) is 35.4. The molecule has 90 valence electrons. The van der Waals surface area contributed by atoms with Gasteiger partial charge in [-0.25, -0.2) is 0 Å². The maximum absolute atomic E-state index is 12.3. The van der Waals surface area contributed by atoms with Crippen LogP contribution in [0.3, 0.4) is 0 Å². The topological polar surface area (TPSA) is 32.3 Å². The zero-order chi connectivity index (χ0) is 11.0. The Bertz CT molecular complexity index is 261. The van der Waals surface area contributed by atoms with Crippen LogP contribution in [0.1, 0.15) is 32.1 Å². The lowest BCUT2D eigenvalue weighted by Crippen LogP contribution is -2.37. The van der Waals surface area contributed by atoms with Crippen molar-refractivity contribution < 1.29 is 4.79 Å². The largest absolute Gasteiger partial charge is 0.342 e. The summed E-state index contributed by atoms with van der Waals surface area (Å²) in [6.45, 7) is 4.29. The molecule has 3 fully saturated rings. The SMILES string of the molecule is O=C(C1CCCCC1)N1CC2CNCC2C1. The second-order valence-corrected chi connectivity index (χ2v) is 5.76. The van der Waals surface area contributed by atoms with Gasteiger partial charge in [-0.2, -0.15) is 0 Å². The van der Waals surface area contributed by atoms with Crippen LogP contribution in [0.15, 0.2) is 0 Å². The van der Waals surface area contributed by atoms with Crippen molar-refractivity contribution in [2.75, 3.05) is 26.2 Å². The third-order valence-electron chi connectivity index (χ3n) is 4.66. The monoisotopic (exact) mass is 222 g/mol. The summed E-state index contributed by atoms with van der Waals surface area (Å²) in [6.07, 6.45) is 6.14. The summed E-state index contributed by atoms with van der Waals surface area (Å²) >= 11 is 0. The lowest BCUT2D eigenvalue weighted by Gasteiger charge is -2.26. The fraction of sp³-hybridized carbons (Fsp3) is 0.923. The highest BCUT2D eigenvalue weighted by atomic mass is 16.2. The number of nitrogens with one attached hydrogen (secondary N) is 1. The summed E-state index contributed by atoms with van der Waals surface area (Å²) in [5.41, 5.74) is 0. The Morgan fingerprint density at radius 3 is 2.25 bits per heavy atom. The van der Waals surface area contributed by atoms with Crippen LogP contribution in [-0.2, 0) is 4.79 Å². The van der Waals surface area contributed by atoms with Gasteiger partial charge in [-0.15, -0.1) is 0 Å². The standard InChI is InChI=1S/C13H22N2O/c16-13(10-4-2-1-3-5-10)15-8-11-6-14-7-12(11)9-15/h10-12,14H,1-9H2. The number of likely N-dealkylation sites (tertiary alicyclic amines) is 1. The Labute approximate surface area is 97.6 Å². The molecule has 1 aliphatic carbocycles. The zero-order valence-corrected chi connectivity index (χ0v) is 9.95. The van der Waals surface area contributed by atoms with E-state index in [0.717, 1.165) is 50.9 Å². The Hall–Kier alpha value is -0.570. The van der Waals surface area contributed by atoms with Gasteiger partial charge in [-0.1, -0.05) is 19.3 Å². The van der Waals surface area contributed by atoms with Crippen LogP contribution in [0.4, 0.5) is 0 Å². The molecule has 2 saturated heterocycles. The number of carbonyl (C=O) groups is 1. The molecule has 0 spiro atoms. The second kappa shape index (κ2) is 4.36. The quantitative estimate of drug-likeness (QED) is 0.724. The first kappa shape index (κ1) is 10.6. The molecule has 1 N–H and O–H groups in total. The van der Waals surface area contributed by atoms with Gasteiger partial charge in [0.05, 0.1) is 0 Å². The van der Waals surface area contributed by atoms with E-state index in [1.54, 1.807) is 0 Å². The first-order chi connectivity index (χ1) is 7.84. The second-order valence-electron chi connectivity index (χ2n) is 5.76. The molecule has 1 amide bonds. The Morgan fingerprint density at radius 2 is 1.62 bits per heavy atom. The van der Waals surface area contributed by atoms with E-state index in [1.807, 2.05) is 0 Å². The van der Waals surface area contributed by atoms with Crippen molar-refractivity contribution in [3.8, 4) is 0 Å². The smallest absolute Gasteiger partial charge is 0.225 e. The zero-order valence-electron chi connectivity index (χ0n) is 9.95. The summed E-state index contributed by atoms with van der Waals surface area (Å²) in [5, 5.41) is 3.43. The summed E-state index contributed by atoms with van der Waals surface area (Å²) in [5.74, 6) is 2.31. The number of hydrogen-bond acceptors (Lipinski definition) is 2.